The third kappa shape index (κ3) is 8.52. The summed E-state index contributed by atoms with van der Waals surface area (Å²) >= 11 is 0. The number of carboxylic acids is 1. The molecule has 0 radical (unpaired) electrons. The number of hydrogen-bond donors (Lipinski definition) is 7. The summed E-state index contributed by atoms with van der Waals surface area (Å²) in [6.07, 6.45) is 5.89. The number of carbonyl (C=O) groups is 4. The number of imidazole rings is 1. The van der Waals surface area contributed by atoms with Crippen molar-refractivity contribution >= 4 is 23.7 Å². The maximum absolute atomic E-state index is 13.3. The van der Waals surface area contributed by atoms with Crippen LogP contribution in [0.2, 0.25) is 0 Å². The lowest BCUT2D eigenvalue weighted by Gasteiger charge is -2.28. The first-order valence-corrected chi connectivity index (χ1v) is 13.0. The van der Waals surface area contributed by atoms with Crippen molar-refractivity contribution in [1.82, 2.24) is 25.5 Å². The number of aromatic nitrogens is 2. The van der Waals surface area contributed by atoms with Crippen LogP contribution in [-0.2, 0) is 32.0 Å². The Morgan fingerprint density at radius 1 is 1.10 bits per heavy atom. The molecule has 1 aromatic carbocycles. The van der Waals surface area contributed by atoms with Crippen LogP contribution in [0.15, 0.2) is 36.8 Å². The van der Waals surface area contributed by atoms with Crippen molar-refractivity contribution in [3.8, 4) is 5.75 Å². The van der Waals surface area contributed by atoms with Crippen LogP contribution in [0.5, 0.6) is 5.75 Å². The van der Waals surface area contributed by atoms with Gasteiger partial charge in [-0.2, -0.15) is 0 Å². The van der Waals surface area contributed by atoms with Gasteiger partial charge < -0.3 is 42.2 Å². The van der Waals surface area contributed by atoms with Crippen molar-refractivity contribution < 1.29 is 29.4 Å². The average Bonchev–Trinajstić information content (AvgIpc) is 3.61. The van der Waals surface area contributed by atoms with Crippen LogP contribution in [0.4, 0.5) is 0 Å². The summed E-state index contributed by atoms with van der Waals surface area (Å²) < 4.78 is 0. The van der Waals surface area contributed by atoms with Crippen molar-refractivity contribution in [2.75, 3.05) is 13.1 Å². The number of unbranched alkanes of at least 4 members (excludes halogenated alkanes) is 1. The van der Waals surface area contributed by atoms with Crippen LogP contribution in [0.1, 0.15) is 43.4 Å². The summed E-state index contributed by atoms with van der Waals surface area (Å²) in [7, 11) is 0. The van der Waals surface area contributed by atoms with Crippen LogP contribution < -0.4 is 22.1 Å². The molecule has 0 bridgehead atoms. The number of aromatic amines is 1. The maximum Gasteiger partial charge on any atom is 0.326 e. The van der Waals surface area contributed by atoms with Gasteiger partial charge in [-0.25, -0.2) is 9.78 Å². The molecule has 39 heavy (non-hydrogen) atoms. The zero-order valence-electron chi connectivity index (χ0n) is 21.7. The molecule has 2 aromatic rings. The molecule has 4 unspecified atom stereocenters. The van der Waals surface area contributed by atoms with Crippen LogP contribution in [0.25, 0.3) is 0 Å². The molecule has 13 heteroatoms. The Balaban J connectivity index is 1.70. The molecule has 3 amide bonds. The molecule has 212 valence electrons. The predicted octanol–water partition coefficient (Wildman–Crippen LogP) is -0.598. The highest BCUT2D eigenvalue weighted by Crippen LogP contribution is 2.20. The molecule has 4 atom stereocenters. The molecule has 1 aliphatic rings. The van der Waals surface area contributed by atoms with Gasteiger partial charge in [-0.1, -0.05) is 18.6 Å². The van der Waals surface area contributed by atoms with Gasteiger partial charge in [0.15, 0.2) is 0 Å². The fraction of sp³-hybridized carbons (Fsp3) is 0.500. The summed E-state index contributed by atoms with van der Waals surface area (Å²) in [5.41, 5.74) is 12.8. The summed E-state index contributed by atoms with van der Waals surface area (Å²) in [6, 6.07) is 2.04. The molecule has 1 aliphatic heterocycles. The number of carbonyl (C=O) groups excluding carboxylic acids is 3. The first kappa shape index (κ1) is 29.6. The number of nitrogens with one attached hydrogen (secondary N) is 3. The van der Waals surface area contributed by atoms with Gasteiger partial charge in [0.05, 0.1) is 12.4 Å². The Labute approximate surface area is 226 Å². The van der Waals surface area contributed by atoms with E-state index in [1.807, 2.05) is 0 Å². The van der Waals surface area contributed by atoms with Gasteiger partial charge in [0.2, 0.25) is 17.7 Å². The largest absolute Gasteiger partial charge is 0.508 e. The molecule has 3 rings (SSSR count). The summed E-state index contributed by atoms with van der Waals surface area (Å²) in [4.78, 5) is 59.8. The van der Waals surface area contributed by atoms with E-state index in [0.29, 0.717) is 50.0 Å². The van der Waals surface area contributed by atoms with E-state index in [4.69, 9.17) is 11.5 Å². The molecule has 13 nitrogen and oxygen atoms in total. The minimum atomic E-state index is -1.28. The lowest BCUT2D eigenvalue weighted by atomic mass is 10.0. The first-order chi connectivity index (χ1) is 18.7. The summed E-state index contributed by atoms with van der Waals surface area (Å²) in [5, 5.41) is 24.4. The zero-order valence-corrected chi connectivity index (χ0v) is 21.7. The van der Waals surface area contributed by atoms with E-state index >= 15 is 0 Å². The third-order valence-corrected chi connectivity index (χ3v) is 6.73. The zero-order chi connectivity index (χ0) is 28.4. The highest BCUT2D eigenvalue weighted by Gasteiger charge is 2.38. The number of nitrogens with two attached hydrogens (primary N) is 2. The fourth-order valence-electron chi connectivity index (χ4n) is 4.58. The van der Waals surface area contributed by atoms with Crippen LogP contribution >= 0.6 is 0 Å². The van der Waals surface area contributed by atoms with Crippen molar-refractivity contribution in [2.24, 2.45) is 11.5 Å². The maximum atomic E-state index is 13.3. The number of aromatic hydroxyl groups is 1. The number of phenols is 1. The van der Waals surface area contributed by atoms with Gasteiger partial charge in [0.1, 0.15) is 23.9 Å². The van der Waals surface area contributed by atoms with E-state index in [1.54, 1.807) is 12.1 Å². The van der Waals surface area contributed by atoms with E-state index in [1.165, 1.54) is 29.6 Å². The molecule has 0 spiro atoms. The highest BCUT2D eigenvalue weighted by atomic mass is 16.4. The van der Waals surface area contributed by atoms with Gasteiger partial charge in [0, 0.05) is 31.3 Å². The molecular weight excluding hydrogens is 506 g/mol. The van der Waals surface area contributed by atoms with Crippen LogP contribution in [0, 0.1) is 0 Å². The predicted molar refractivity (Wildman–Crippen MR) is 141 cm³/mol. The van der Waals surface area contributed by atoms with Gasteiger partial charge in [0.25, 0.3) is 0 Å². The first-order valence-electron chi connectivity index (χ1n) is 13.0. The van der Waals surface area contributed by atoms with Crippen molar-refractivity contribution in [2.45, 2.75) is 69.1 Å². The molecular formula is C26H37N7O6. The molecule has 1 fully saturated rings. The van der Waals surface area contributed by atoms with Gasteiger partial charge in [-0.05, 0) is 49.9 Å². The Hall–Kier alpha value is -3.97. The second-order valence-electron chi connectivity index (χ2n) is 9.69. The van der Waals surface area contributed by atoms with Crippen molar-refractivity contribution in [3.63, 3.8) is 0 Å². The second-order valence-corrected chi connectivity index (χ2v) is 9.69. The minimum absolute atomic E-state index is 0.0287. The minimum Gasteiger partial charge on any atom is -0.508 e. The van der Waals surface area contributed by atoms with E-state index in [0.717, 1.165) is 6.42 Å². The van der Waals surface area contributed by atoms with E-state index in [9.17, 15) is 29.4 Å². The number of aliphatic carboxylic acids is 1. The Kier molecular flexibility index (Phi) is 10.8. The lowest BCUT2D eigenvalue weighted by molar-refractivity contribution is -0.143. The van der Waals surface area contributed by atoms with Crippen molar-refractivity contribution in [3.05, 3.63) is 48.0 Å². The number of hydrogen-bond acceptors (Lipinski definition) is 8. The van der Waals surface area contributed by atoms with E-state index in [2.05, 4.69) is 20.6 Å². The lowest BCUT2D eigenvalue weighted by Crippen LogP contribution is -2.57. The molecule has 0 saturated carbocycles. The van der Waals surface area contributed by atoms with Crippen molar-refractivity contribution in [1.29, 1.82) is 0 Å². The van der Waals surface area contributed by atoms with E-state index in [-0.39, 0.29) is 24.5 Å². The number of nitrogens with zero attached hydrogens (tertiary/aromatic N) is 2. The summed E-state index contributed by atoms with van der Waals surface area (Å²) in [6.45, 7) is 0.889. The third-order valence-electron chi connectivity index (χ3n) is 6.73. The Morgan fingerprint density at radius 3 is 2.49 bits per heavy atom. The molecule has 1 saturated heterocycles. The number of rotatable bonds is 14. The molecule has 0 aliphatic carbocycles. The number of likely N-dealkylation sites (tertiary alicyclic amines) is 1. The topological polar surface area (TPSA) is 217 Å². The number of H-pyrrole nitrogens is 1. The SMILES string of the molecule is NCCCCC(N)C(=O)N1CCCC1C(=O)NC(Cc1cnc[nH]1)C(=O)NC(Cc1ccc(O)cc1)C(=O)O. The monoisotopic (exact) mass is 543 g/mol. The van der Waals surface area contributed by atoms with Crippen LogP contribution in [-0.4, -0.2) is 86.0 Å². The highest BCUT2D eigenvalue weighted by molar-refractivity contribution is 5.94. The fourth-order valence-corrected chi connectivity index (χ4v) is 4.58. The van der Waals surface area contributed by atoms with E-state index < -0.39 is 42.0 Å². The van der Waals surface area contributed by atoms with Gasteiger partial charge >= 0.3 is 5.97 Å². The van der Waals surface area contributed by atoms with Crippen LogP contribution in [0.3, 0.4) is 0 Å². The normalized spacial score (nSPS) is 17.3. The second kappa shape index (κ2) is 14.3. The average molecular weight is 544 g/mol. The number of phenolic OH excluding ortho intramolecular Hbond substituents is 1. The standard InChI is InChI=1S/C26H37N7O6/c27-10-2-1-4-19(28)25(37)33-11-3-5-22(33)24(36)31-20(13-17-14-29-15-30-17)23(35)32-21(26(38)39)12-16-6-8-18(34)9-7-16/h6-9,14-15,19-22,34H,1-5,10-13,27-28H2,(H,29,30)(H,31,36)(H,32,35)(H,38,39). The quantitative estimate of drug-likeness (QED) is 0.151. The number of amides is 3. The molecule has 1 aromatic heterocycles. The molecule has 2 heterocycles. The smallest absolute Gasteiger partial charge is 0.326 e. The number of benzene rings is 1. The Morgan fingerprint density at radius 2 is 1.85 bits per heavy atom. The molecule has 9 N–H and O–H groups in total. The van der Waals surface area contributed by atoms with Gasteiger partial charge in [-0.15, -0.1) is 0 Å². The Bertz CT molecular complexity index is 1110. The van der Waals surface area contributed by atoms with Gasteiger partial charge in [-0.3, -0.25) is 14.4 Å². The number of carboxylic acid groups (broad SMARTS) is 1. The summed E-state index contributed by atoms with van der Waals surface area (Å²) in [5.74, 6) is -2.75.